The molecule has 0 amide bonds. The second-order valence-electron chi connectivity index (χ2n) is 3.07. The second-order valence-corrected chi connectivity index (χ2v) is 3.07. The number of halogens is 2. The van der Waals surface area contributed by atoms with Crippen molar-refractivity contribution in [2.45, 2.75) is 44.1 Å². The minimum atomic E-state index is -2.62. The van der Waals surface area contributed by atoms with E-state index in [1.54, 1.807) is 6.92 Å². The van der Waals surface area contributed by atoms with Gasteiger partial charge in [-0.2, -0.15) is 0 Å². The van der Waals surface area contributed by atoms with Crippen LogP contribution in [0.5, 0.6) is 0 Å². The molecule has 0 aromatic carbocycles. The number of hydrogen-bond donors (Lipinski definition) is 1. The van der Waals surface area contributed by atoms with E-state index in [2.05, 4.69) is 0 Å². The lowest BCUT2D eigenvalue weighted by molar-refractivity contribution is -0.0538. The van der Waals surface area contributed by atoms with E-state index in [1.807, 2.05) is 0 Å². The first kappa shape index (κ1) is 7.92. The molecule has 0 saturated heterocycles. The lowest BCUT2D eigenvalue weighted by Gasteiger charge is -2.29. The summed E-state index contributed by atoms with van der Waals surface area (Å²) in [6.45, 7) is 1.72. The van der Waals surface area contributed by atoms with E-state index in [0.29, 0.717) is 19.3 Å². The van der Waals surface area contributed by atoms with Gasteiger partial charge in [0.1, 0.15) is 0 Å². The van der Waals surface area contributed by atoms with Crippen molar-refractivity contribution in [3.8, 4) is 0 Å². The van der Waals surface area contributed by atoms with E-state index >= 15 is 0 Å². The third kappa shape index (κ3) is 0.926. The molecule has 60 valence electrons. The molecule has 1 atom stereocenters. The molecule has 1 rings (SSSR count). The Labute approximate surface area is 59.6 Å². The average Bonchev–Trinajstić information content (AvgIpc) is 2.10. The first-order valence-electron chi connectivity index (χ1n) is 3.68. The summed E-state index contributed by atoms with van der Waals surface area (Å²) in [4.78, 5) is 0. The van der Waals surface area contributed by atoms with Crippen molar-refractivity contribution >= 4 is 0 Å². The summed E-state index contributed by atoms with van der Waals surface area (Å²) in [5.41, 5.74) is 4.28. The van der Waals surface area contributed by atoms with Crippen LogP contribution >= 0.6 is 0 Å². The molecule has 0 aliphatic heterocycles. The predicted octanol–water partition coefficient (Wildman–Crippen LogP) is 1.91. The molecule has 0 aromatic rings. The van der Waals surface area contributed by atoms with Crippen LogP contribution in [0, 0.1) is 0 Å². The topological polar surface area (TPSA) is 26.0 Å². The van der Waals surface area contributed by atoms with Crippen LogP contribution in [0.2, 0.25) is 0 Å². The average molecular weight is 149 g/mol. The molecule has 1 unspecified atom stereocenters. The lowest BCUT2D eigenvalue weighted by Crippen LogP contribution is -2.50. The Bertz CT molecular complexity index is 136. The molecule has 10 heavy (non-hydrogen) atoms. The van der Waals surface area contributed by atoms with Crippen LogP contribution in [0.1, 0.15) is 32.6 Å². The Kier molecular flexibility index (Phi) is 1.71. The molecule has 3 heteroatoms. The second kappa shape index (κ2) is 2.16. The first-order valence-corrected chi connectivity index (χ1v) is 3.68. The van der Waals surface area contributed by atoms with Crippen molar-refractivity contribution in [2.24, 2.45) is 5.73 Å². The molecular formula is C7H13F2N. The molecule has 0 radical (unpaired) electrons. The quantitative estimate of drug-likeness (QED) is 0.605. The van der Waals surface area contributed by atoms with Gasteiger partial charge < -0.3 is 5.73 Å². The van der Waals surface area contributed by atoms with Crippen LogP contribution < -0.4 is 5.73 Å². The zero-order valence-corrected chi connectivity index (χ0v) is 6.16. The van der Waals surface area contributed by atoms with Gasteiger partial charge in [0.05, 0.1) is 5.54 Å². The van der Waals surface area contributed by atoms with Gasteiger partial charge in [-0.15, -0.1) is 0 Å². The molecule has 1 nitrogen and oxygen atoms in total. The van der Waals surface area contributed by atoms with Crippen LogP contribution in [0.25, 0.3) is 0 Å². The number of alkyl halides is 2. The Morgan fingerprint density at radius 2 is 2.00 bits per heavy atom. The van der Waals surface area contributed by atoms with E-state index in [-0.39, 0.29) is 6.42 Å². The summed E-state index contributed by atoms with van der Waals surface area (Å²) in [7, 11) is 0. The summed E-state index contributed by atoms with van der Waals surface area (Å²) in [5.74, 6) is -2.62. The van der Waals surface area contributed by atoms with Crippen molar-refractivity contribution in [3.63, 3.8) is 0 Å². The van der Waals surface area contributed by atoms with Crippen molar-refractivity contribution in [3.05, 3.63) is 0 Å². The highest BCUT2D eigenvalue weighted by molar-refractivity contribution is 5.01. The maximum Gasteiger partial charge on any atom is 0.265 e. The Hall–Kier alpha value is -0.180. The molecule has 0 heterocycles. The van der Waals surface area contributed by atoms with E-state index < -0.39 is 11.5 Å². The van der Waals surface area contributed by atoms with Crippen LogP contribution in [0.15, 0.2) is 0 Å². The third-order valence-electron chi connectivity index (χ3n) is 2.47. The van der Waals surface area contributed by atoms with Gasteiger partial charge in [0.2, 0.25) is 0 Å². The normalized spacial score (nSPS) is 38.4. The highest BCUT2D eigenvalue weighted by atomic mass is 19.3. The molecule has 1 fully saturated rings. The molecule has 1 saturated carbocycles. The highest BCUT2D eigenvalue weighted by Crippen LogP contribution is 2.43. The number of rotatable bonds is 1. The van der Waals surface area contributed by atoms with Gasteiger partial charge in [-0.3, -0.25) is 0 Å². The molecule has 0 spiro atoms. The molecule has 0 aromatic heterocycles. The van der Waals surface area contributed by atoms with Gasteiger partial charge in [0, 0.05) is 6.42 Å². The SMILES string of the molecule is CCC1(N)CCCC1(F)F. The van der Waals surface area contributed by atoms with Crippen molar-refractivity contribution in [2.75, 3.05) is 0 Å². The summed E-state index contributed by atoms with van der Waals surface area (Å²) >= 11 is 0. The standard InChI is InChI=1S/C7H13F2N/c1-2-6(10)4-3-5-7(6,8)9/h2-5,10H2,1H3. The Morgan fingerprint density at radius 1 is 1.40 bits per heavy atom. The fraction of sp³-hybridized carbons (Fsp3) is 1.00. The molecule has 2 N–H and O–H groups in total. The molecule has 1 aliphatic carbocycles. The third-order valence-corrected chi connectivity index (χ3v) is 2.47. The zero-order chi connectivity index (χ0) is 7.83. The van der Waals surface area contributed by atoms with Gasteiger partial charge >= 0.3 is 0 Å². The molecular weight excluding hydrogens is 136 g/mol. The zero-order valence-electron chi connectivity index (χ0n) is 6.16. The van der Waals surface area contributed by atoms with E-state index in [0.717, 1.165) is 0 Å². The maximum atomic E-state index is 12.9. The highest BCUT2D eigenvalue weighted by Gasteiger charge is 2.52. The van der Waals surface area contributed by atoms with Crippen molar-refractivity contribution < 1.29 is 8.78 Å². The molecule has 0 bridgehead atoms. The maximum absolute atomic E-state index is 12.9. The minimum absolute atomic E-state index is 0.0304. The summed E-state index contributed by atoms with van der Waals surface area (Å²) in [6, 6.07) is 0. The fourth-order valence-corrected chi connectivity index (χ4v) is 1.49. The van der Waals surface area contributed by atoms with Gasteiger partial charge in [-0.05, 0) is 19.3 Å². The Balaban J connectivity index is 2.76. The smallest absolute Gasteiger partial charge is 0.265 e. The largest absolute Gasteiger partial charge is 0.320 e. The van der Waals surface area contributed by atoms with Crippen LogP contribution in [0.4, 0.5) is 8.78 Å². The summed E-state index contributed by atoms with van der Waals surface area (Å²) in [6.07, 6.45) is 1.38. The van der Waals surface area contributed by atoms with Crippen LogP contribution in [-0.4, -0.2) is 11.5 Å². The molecule has 1 aliphatic rings. The van der Waals surface area contributed by atoms with Gasteiger partial charge in [-0.1, -0.05) is 6.92 Å². The Morgan fingerprint density at radius 3 is 2.20 bits per heavy atom. The minimum Gasteiger partial charge on any atom is -0.320 e. The monoisotopic (exact) mass is 149 g/mol. The van der Waals surface area contributed by atoms with Crippen molar-refractivity contribution in [1.82, 2.24) is 0 Å². The van der Waals surface area contributed by atoms with E-state index in [1.165, 1.54) is 0 Å². The van der Waals surface area contributed by atoms with E-state index in [4.69, 9.17) is 5.73 Å². The fourth-order valence-electron chi connectivity index (χ4n) is 1.49. The summed E-state index contributed by atoms with van der Waals surface area (Å²) < 4.78 is 25.7. The number of hydrogen-bond acceptors (Lipinski definition) is 1. The van der Waals surface area contributed by atoms with Gasteiger partial charge in [0.15, 0.2) is 0 Å². The van der Waals surface area contributed by atoms with E-state index in [9.17, 15) is 8.78 Å². The number of nitrogens with two attached hydrogens (primary N) is 1. The predicted molar refractivity (Wildman–Crippen MR) is 36.0 cm³/mol. The van der Waals surface area contributed by atoms with Crippen molar-refractivity contribution in [1.29, 1.82) is 0 Å². The summed E-state index contributed by atoms with van der Waals surface area (Å²) in [5, 5.41) is 0. The first-order chi connectivity index (χ1) is 4.52. The van der Waals surface area contributed by atoms with Gasteiger partial charge in [-0.25, -0.2) is 8.78 Å². The van der Waals surface area contributed by atoms with Gasteiger partial charge in [0.25, 0.3) is 5.92 Å². The van der Waals surface area contributed by atoms with Crippen LogP contribution in [-0.2, 0) is 0 Å². The lowest BCUT2D eigenvalue weighted by atomic mass is 9.93. The van der Waals surface area contributed by atoms with Crippen LogP contribution in [0.3, 0.4) is 0 Å².